The highest BCUT2D eigenvalue weighted by Crippen LogP contribution is 2.30. The van der Waals surface area contributed by atoms with Gasteiger partial charge in [0, 0.05) is 11.6 Å². The van der Waals surface area contributed by atoms with Gasteiger partial charge in [0.2, 0.25) is 5.91 Å². The van der Waals surface area contributed by atoms with Gasteiger partial charge in [-0.15, -0.1) is 0 Å². The molecule has 8 heteroatoms. The van der Waals surface area contributed by atoms with E-state index >= 15 is 0 Å². The molecule has 0 saturated heterocycles. The molecule has 3 aromatic rings. The van der Waals surface area contributed by atoms with Crippen molar-refractivity contribution in [2.24, 2.45) is 0 Å². The van der Waals surface area contributed by atoms with E-state index in [1.165, 1.54) is 27.8 Å². The second kappa shape index (κ2) is 7.52. The van der Waals surface area contributed by atoms with Gasteiger partial charge in [0.15, 0.2) is 0 Å². The molecule has 0 unspecified atom stereocenters. The van der Waals surface area contributed by atoms with Crippen LogP contribution in [-0.2, 0) is 9.59 Å². The summed E-state index contributed by atoms with van der Waals surface area (Å²) in [5.74, 6) is -0.966. The number of carbonyl (C=O) groups excluding carboxylic acids is 2. The molecule has 0 bridgehead atoms. The second-order valence-corrected chi connectivity index (χ2v) is 6.86. The van der Waals surface area contributed by atoms with Gasteiger partial charge in [-0.25, -0.2) is 9.07 Å². The largest absolute Gasteiger partial charge is 0.323 e. The normalized spacial score (nSPS) is 13.5. The zero-order chi connectivity index (χ0) is 20.5. The number of amides is 2. The smallest absolute Gasteiger partial charge is 0.251 e. The van der Waals surface area contributed by atoms with Crippen LogP contribution in [0.2, 0.25) is 5.15 Å². The maximum Gasteiger partial charge on any atom is 0.251 e. The van der Waals surface area contributed by atoms with Gasteiger partial charge < -0.3 is 5.32 Å². The van der Waals surface area contributed by atoms with Crippen LogP contribution >= 0.6 is 11.6 Å². The van der Waals surface area contributed by atoms with E-state index in [9.17, 15) is 14.0 Å². The SMILES string of the molecule is Cc1nn(-c2ccc(F)cc2)c(Cl)c1/C=C/C(=O)N1CC(=O)Nc2ccccc21. The van der Waals surface area contributed by atoms with Crippen molar-refractivity contribution in [1.82, 2.24) is 9.78 Å². The van der Waals surface area contributed by atoms with Crippen molar-refractivity contribution in [3.8, 4) is 5.69 Å². The topological polar surface area (TPSA) is 67.2 Å². The first-order chi connectivity index (χ1) is 13.9. The van der Waals surface area contributed by atoms with E-state index < -0.39 is 0 Å². The molecule has 2 amide bonds. The Balaban J connectivity index is 1.62. The highest BCUT2D eigenvalue weighted by Gasteiger charge is 2.25. The van der Waals surface area contributed by atoms with Crippen molar-refractivity contribution in [2.75, 3.05) is 16.8 Å². The number of anilines is 2. The molecule has 2 aromatic carbocycles. The first-order valence-electron chi connectivity index (χ1n) is 8.83. The number of hydrogen-bond donors (Lipinski definition) is 1. The highest BCUT2D eigenvalue weighted by atomic mass is 35.5. The van der Waals surface area contributed by atoms with Crippen LogP contribution in [-0.4, -0.2) is 28.1 Å². The van der Waals surface area contributed by atoms with E-state index in [1.54, 1.807) is 49.4 Å². The summed E-state index contributed by atoms with van der Waals surface area (Å²) >= 11 is 6.44. The lowest BCUT2D eigenvalue weighted by Crippen LogP contribution is -2.41. The maximum atomic E-state index is 13.2. The number of halogens is 2. The molecule has 6 nitrogen and oxygen atoms in total. The molecular formula is C21H16ClFN4O2. The van der Waals surface area contributed by atoms with Crippen LogP contribution in [0.1, 0.15) is 11.3 Å². The molecule has 0 saturated carbocycles. The Bertz CT molecular complexity index is 1140. The first-order valence-corrected chi connectivity index (χ1v) is 9.21. The van der Waals surface area contributed by atoms with Crippen molar-refractivity contribution in [3.63, 3.8) is 0 Å². The van der Waals surface area contributed by atoms with E-state index in [1.807, 2.05) is 0 Å². The van der Waals surface area contributed by atoms with Gasteiger partial charge in [-0.2, -0.15) is 5.10 Å². The summed E-state index contributed by atoms with van der Waals surface area (Å²) in [4.78, 5) is 26.1. The lowest BCUT2D eigenvalue weighted by Gasteiger charge is -2.28. The van der Waals surface area contributed by atoms with Crippen LogP contribution in [0, 0.1) is 12.7 Å². The van der Waals surface area contributed by atoms with E-state index in [-0.39, 0.29) is 24.2 Å². The van der Waals surface area contributed by atoms with E-state index in [4.69, 9.17) is 11.6 Å². The maximum absolute atomic E-state index is 13.2. The molecule has 0 spiro atoms. The lowest BCUT2D eigenvalue weighted by molar-refractivity contribution is -0.119. The van der Waals surface area contributed by atoms with Crippen LogP contribution in [0.3, 0.4) is 0 Å². The summed E-state index contributed by atoms with van der Waals surface area (Å²) in [6.45, 7) is 1.70. The fourth-order valence-electron chi connectivity index (χ4n) is 3.13. The number of nitrogens with zero attached hydrogens (tertiary/aromatic N) is 3. The molecule has 29 heavy (non-hydrogen) atoms. The number of fused-ring (bicyclic) bond motifs is 1. The summed E-state index contributed by atoms with van der Waals surface area (Å²) in [6.07, 6.45) is 2.93. The Hall–Kier alpha value is -3.45. The van der Waals surface area contributed by atoms with E-state index in [2.05, 4.69) is 10.4 Å². The Morgan fingerprint density at radius 1 is 1.21 bits per heavy atom. The Morgan fingerprint density at radius 3 is 2.69 bits per heavy atom. The summed E-state index contributed by atoms with van der Waals surface area (Å²) in [6, 6.07) is 12.9. The molecule has 0 aliphatic carbocycles. The van der Waals surface area contributed by atoms with Crippen LogP contribution < -0.4 is 10.2 Å². The number of hydrogen-bond acceptors (Lipinski definition) is 3. The number of benzene rings is 2. The summed E-state index contributed by atoms with van der Waals surface area (Å²) < 4.78 is 14.6. The predicted octanol–water partition coefficient (Wildman–Crippen LogP) is 3.97. The van der Waals surface area contributed by atoms with Crippen LogP contribution in [0.25, 0.3) is 11.8 Å². The van der Waals surface area contributed by atoms with Gasteiger partial charge in [0.25, 0.3) is 5.91 Å². The molecule has 4 rings (SSSR count). The second-order valence-electron chi connectivity index (χ2n) is 6.50. The van der Waals surface area contributed by atoms with Crippen molar-refractivity contribution < 1.29 is 14.0 Å². The molecular weight excluding hydrogens is 395 g/mol. The molecule has 1 aromatic heterocycles. The molecule has 1 N–H and O–H groups in total. The fraction of sp³-hybridized carbons (Fsp3) is 0.0952. The van der Waals surface area contributed by atoms with Gasteiger partial charge in [0.1, 0.15) is 17.5 Å². The zero-order valence-electron chi connectivity index (χ0n) is 15.4. The van der Waals surface area contributed by atoms with Gasteiger partial charge in [-0.05, 0) is 49.4 Å². The van der Waals surface area contributed by atoms with Crippen LogP contribution in [0.5, 0.6) is 0 Å². The standard InChI is InChI=1S/C21H16ClFN4O2/c1-13-16(21(22)27(25-13)15-8-6-14(23)7-9-15)10-11-20(29)26-12-19(28)24-17-4-2-3-5-18(17)26/h2-11H,12H2,1H3,(H,24,28)/b11-10+. The third kappa shape index (κ3) is 3.64. The quantitative estimate of drug-likeness (QED) is 0.664. The third-order valence-corrected chi connectivity index (χ3v) is 4.91. The average Bonchev–Trinajstić information content (AvgIpc) is 2.99. The molecule has 2 heterocycles. The Labute approximate surface area is 171 Å². The van der Waals surface area contributed by atoms with Gasteiger partial charge in [0.05, 0.1) is 22.8 Å². The van der Waals surface area contributed by atoms with Gasteiger partial charge in [-0.3, -0.25) is 14.5 Å². The fourth-order valence-corrected chi connectivity index (χ4v) is 3.46. The third-order valence-electron chi connectivity index (χ3n) is 4.55. The molecule has 0 atom stereocenters. The van der Waals surface area contributed by atoms with Crippen molar-refractivity contribution >= 4 is 40.9 Å². The van der Waals surface area contributed by atoms with Crippen LogP contribution in [0.4, 0.5) is 15.8 Å². The zero-order valence-corrected chi connectivity index (χ0v) is 16.2. The number of aryl methyl sites for hydroxylation is 1. The lowest BCUT2D eigenvalue weighted by atomic mass is 10.2. The molecule has 0 radical (unpaired) electrons. The number of nitrogens with one attached hydrogen (secondary N) is 1. The summed E-state index contributed by atoms with van der Waals surface area (Å²) in [5, 5.41) is 7.42. The minimum Gasteiger partial charge on any atom is -0.323 e. The number of rotatable bonds is 3. The number of carbonyl (C=O) groups is 2. The van der Waals surface area contributed by atoms with Crippen molar-refractivity contribution in [3.05, 3.63) is 76.8 Å². The van der Waals surface area contributed by atoms with Crippen molar-refractivity contribution in [1.29, 1.82) is 0 Å². The predicted molar refractivity (Wildman–Crippen MR) is 110 cm³/mol. The number of aromatic nitrogens is 2. The van der Waals surface area contributed by atoms with Gasteiger partial charge >= 0.3 is 0 Å². The van der Waals surface area contributed by atoms with E-state index in [0.717, 1.165) is 0 Å². The van der Waals surface area contributed by atoms with Crippen LogP contribution in [0.15, 0.2) is 54.6 Å². The Morgan fingerprint density at radius 2 is 1.93 bits per heavy atom. The van der Waals surface area contributed by atoms with Crippen molar-refractivity contribution in [2.45, 2.75) is 6.92 Å². The average molecular weight is 411 g/mol. The monoisotopic (exact) mass is 410 g/mol. The minimum absolute atomic E-state index is 0.0677. The minimum atomic E-state index is -0.356. The molecule has 146 valence electrons. The van der Waals surface area contributed by atoms with Gasteiger partial charge in [-0.1, -0.05) is 23.7 Å². The number of para-hydroxylation sites is 2. The molecule has 1 aliphatic rings. The summed E-state index contributed by atoms with van der Waals surface area (Å²) in [5.41, 5.74) is 3.00. The first kappa shape index (κ1) is 18.9. The Kier molecular flexibility index (Phi) is 4.90. The molecule has 0 fully saturated rings. The highest BCUT2D eigenvalue weighted by molar-refractivity contribution is 6.31. The van der Waals surface area contributed by atoms with E-state index in [0.29, 0.717) is 33.5 Å². The summed E-state index contributed by atoms with van der Waals surface area (Å²) in [7, 11) is 0. The molecule has 1 aliphatic heterocycles.